The number of fused-ring (bicyclic) bond motifs is 1. The highest BCUT2D eigenvalue weighted by atomic mass is 32.1. The van der Waals surface area contributed by atoms with Gasteiger partial charge in [-0.1, -0.05) is 30.3 Å². The Morgan fingerprint density at radius 2 is 1.91 bits per heavy atom. The molecule has 2 N–H and O–H groups in total. The van der Waals surface area contributed by atoms with Gasteiger partial charge in [0.05, 0.1) is 12.0 Å². The summed E-state index contributed by atoms with van der Waals surface area (Å²) in [6, 6.07) is 10.3. The number of aromatic nitrogens is 2. The number of H-pyrrole nitrogens is 1. The summed E-state index contributed by atoms with van der Waals surface area (Å²) in [5.74, 6) is 1.61. The van der Waals surface area contributed by atoms with Gasteiger partial charge in [-0.05, 0) is 64.1 Å². The fourth-order valence-electron chi connectivity index (χ4n) is 5.25. The molecule has 0 bridgehead atoms. The van der Waals surface area contributed by atoms with Crippen molar-refractivity contribution in [3.8, 4) is 11.1 Å². The van der Waals surface area contributed by atoms with Gasteiger partial charge in [0.15, 0.2) is 0 Å². The van der Waals surface area contributed by atoms with Gasteiger partial charge in [0.2, 0.25) is 0 Å². The molecule has 4 heterocycles. The number of ether oxygens (including phenoxy) is 1. The van der Waals surface area contributed by atoms with E-state index in [0.29, 0.717) is 5.92 Å². The maximum absolute atomic E-state index is 13.1. The number of piperidine rings is 1. The van der Waals surface area contributed by atoms with Gasteiger partial charge >= 0.3 is 0 Å². The second-order valence-electron chi connectivity index (χ2n) is 10.1. The lowest BCUT2D eigenvalue weighted by molar-refractivity contribution is 0.0753. The van der Waals surface area contributed by atoms with Crippen molar-refractivity contribution in [3.63, 3.8) is 0 Å². The van der Waals surface area contributed by atoms with Crippen LogP contribution in [-0.4, -0.2) is 73.0 Å². The molecule has 2 fully saturated rings. The Labute approximate surface area is 211 Å². The molecular formula is C27H37N5O2S. The van der Waals surface area contributed by atoms with E-state index in [9.17, 15) is 4.79 Å². The van der Waals surface area contributed by atoms with Crippen LogP contribution in [0.1, 0.15) is 49.2 Å². The Hall–Kier alpha value is -2.42. The summed E-state index contributed by atoms with van der Waals surface area (Å²) >= 11 is 1.47. The van der Waals surface area contributed by atoms with Gasteiger partial charge < -0.3 is 19.9 Å². The monoisotopic (exact) mass is 495 g/mol. The first-order valence-corrected chi connectivity index (χ1v) is 13.8. The number of aromatic amines is 1. The van der Waals surface area contributed by atoms with Gasteiger partial charge in [0.25, 0.3) is 5.91 Å². The molecule has 1 aromatic carbocycles. The third kappa shape index (κ3) is 5.55. The minimum absolute atomic E-state index is 0.0300. The maximum atomic E-state index is 13.1. The number of benzene rings is 1. The minimum atomic E-state index is -0.0300. The predicted molar refractivity (Wildman–Crippen MR) is 143 cm³/mol. The van der Waals surface area contributed by atoms with Crippen LogP contribution >= 0.6 is 11.3 Å². The van der Waals surface area contributed by atoms with Gasteiger partial charge in [-0.2, -0.15) is 5.10 Å². The molecule has 5 rings (SSSR count). The Kier molecular flexibility index (Phi) is 7.70. The van der Waals surface area contributed by atoms with Crippen molar-refractivity contribution in [1.29, 1.82) is 0 Å². The lowest BCUT2D eigenvalue weighted by Crippen LogP contribution is -2.36. The molecular weight excluding hydrogens is 458 g/mol. The second kappa shape index (κ2) is 11.1. The molecule has 2 aromatic heterocycles. The number of nitrogens with zero attached hydrogens (tertiary/aromatic N) is 3. The summed E-state index contributed by atoms with van der Waals surface area (Å²) in [7, 11) is 0. The molecule has 7 nitrogen and oxygen atoms in total. The number of anilines is 1. The molecule has 0 saturated carbocycles. The lowest BCUT2D eigenvalue weighted by atomic mass is 9.97. The van der Waals surface area contributed by atoms with E-state index in [-0.39, 0.29) is 11.9 Å². The third-order valence-corrected chi connectivity index (χ3v) is 8.20. The van der Waals surface area contributed by atoms with Crippen LogP contribution in [0, 0.1) is 5.92 Å². The molecule has 0 radical (unpaired) electrons. The van der Waals surface area contributed by atoms with Crippen molar-refractivity contribution in [2.24, 2.45) is 5.92 Å². The number of hydrogen-bond donors (Lipinski definition) is 2. The highest BCUT2D eigenvalue weighted by Gasteiger charge is 2.28. The van der Waals surface area contributed by atoms with Crippen molar-refractivity contribution in [3.05, 3.63) is 35.2 Å². The molecule has 0 unspecified atom stereocenters. The van der Waals surface area contributed by atoms with Gasteiger partial charge in [-0.25, -0.2) is 0 Å². The Morgan fingerprint density at radius 3 is 2.63 bits per heavy atom. The number of amides is 1. The van der Waals surface area contributed by atoms with Crippen molar-refractivity contribution in [2.75, 3.05) is 50.8 Å². The molecule has 0 spiro atoms. The van der Waals surface area contributed by atoms with Crippen LogP contribution in [0.5, 0.6) is 0 Å². The Balaban J connectivity index is 1.29. The molecule has 35 heavy (non-hydrogen) atoms. The topological polar surface area (TPSA) is 73.5 Å². The number of carbonyl (C=O) groups excluding carboxylic acids is 1. The molecule has 0 atom stereocenters. The summed E-state index contributed by atoms with van der Waals surface area (Å²) in [4.78, 5) is 19.6. The molecule has 8 heteroatoms. The molecule has 2 aliphatic rings. The maximum Gasteiger partial charge on any atom is 0.262 e. The summed E-state index contributed by atoms with van der Waals surface area (Å²) in [5, 5.41) is 12.1. The van der Waals surface area contributed by atoms with E-state index in [0.717, 1.165) is 77.7 Å². The van der Waals surface area contributed by atoms with E-state index in [2.05, 4.69) is 37.4 Å². The zero-order chi connectivity index (χ0) is 24.2. The molecule has 188 valence electrons. The predicted octanol–water partition coefficient (Wildman–Crippen LogP) is 4.76. The standard InChI is InChI=1S/C27H37N5O2S/c1-19(2)28-26(33)24-22(21-8-4-3-5-9-21)23-25(29-30-27(23)35-24)32-14-10-20(11-15-32)18-34-17-16-31-12-6-7-13-31/h3-5,8-9,19-20H,6-7,10-18H2,1-2H3,(H,28,33)(H,29,30). The van der Waals surface area contributed by atoms with Crippen LogP contribution < -0.4 is 10.2 Å². The third-order valence-electron chi connectivity index (χ3n) is 7.11. The number of hydrogen-bond acceptors (Lipinski definition) is 6. The highest BCUT2D eigenvalue weighted by Crippen LogP contribution is 2.43. The molecule has 2 saturated heterocycles. The molecule has 2 aliphatic heterocycles. The first-order valence-electron chi connectivity index (χ1n) is 13.0. The first-order chi connectivity index (χ1) is 17.1. The van der Waals surface area contributed by atoms with Crippen LogP contribution in [0.3, 0.4) is 0 Å². The quantitative estimate of drug-likeness (QED) is 0.419. The average molecular weight is 496 g/mol. The Morgan fingerprint density at radius 1 is 1.17 bits per heavy atom. The number of nitrogens with one attached hydrogen (secondary N) is 2. The zero-order valence-corrected chi connectivity index (χ0v) is 21.7. The zero-order valence-electron chi connectivity index (χ0n) is 20.9. The molecule has 1 amide bonds. The van der Waals surface area contributed by atoms with E-state index in [1.54, 1.807) is 0 Å². The average Bonchev–Trinajstić information content (AvgIpc) is 3.59. The van der Waals surface area contributed by atoms with Gasteiger partial charge in [-0.3, -0.25) is 9.89 Å². The van der Waals surface area contributed by atoms with Crippen LogP contribution in [-0.2, 0) is 4.74 Å². The normalized spacial score (nSPS) is 17.6. The van der Waals surface area contributed by atoms with Crippen LogP contribution in [0.25, 0.3) is 21.3 Å². The first kappa shape index (κ1) is 24.3. The molecule has 0 aliphatic carbocycles. The SMILES string of the molecule is CC(C)NC(=O)c1sc2n[nH]c(N3CCC(COCCN4CCCC4)CC3)c2c1-c1ccccc1. The van der Waals surface area contributed by atoms with E-state index in [1.165, 1.54) is 37.3 Å². The van der Waals surface area contributed by atoms with E-state index in [1.807, 2.05) is 32.0 Å². The number of thiophene rings is 1. The van der Waals surface area contributed by atoms with Crippen molar-refractivity contribution < 1.29 is 9.53 Å². The van der Waals surface area contributed by atoms with Crippen molar-refractivity contribution >= 4 is 33.3 Å². The summed E-state index contributed by atoms with van der Waals surface area (Å²) in [6.07, 6.45) is 4.88. The number of carbonyl (C=O) groups is 1. The lowest BCUT2D eigenvalue weighted by Gasteiger charge is -2.32. The van der Waals surface area contributed by atoms with Crippen molar-refractivity contribution in [1.82, 2.24) is 20.4 Å². The Bertz CT molecular complexity index is 1110. The fraction of sp³-hybridized carbons (Fsp3) is 0.556. The summed E-state index contributed by atoms with van der Waals surface area (Å²) in [5.41, 5.74) is 2.04. The van der Waals surface area contributed by atoms with Gasteiger partial charge in [-0.15, -0.1) is 11.3 Å². The van der Waals surface area contributed by atoms with Gasteiger partial charge in [0, 0.05) is 37.8 Å². The highest BCUT2D eigenvalue weighted by molar-refractivity contribution is 7.21. The summed E-state index contributed by atoms with van der Waals surface area (Å²) < 4.78 is 6.05. The molecule has 3 aromatic rings. The summed E-state index contributed by atoms with van der Waals surface area (Å²) in [6.45, 7) is 11.1. The van der Waals surface area contributed by atoms with Gasteiger partial charge in [0.1, 0.15) is 15.5 Å². The minimum Gasteiger partial charge on any atom is -0.380 e. The second-order valence-corrected chi connectivity index (χ2v) is 11.1. The van der Waals surface area contributed by atoms with Crippen LogP contribution in [0.2, 0.25) is 0 Å². The number of likely N-dealkylation sites (tertiary alicyclic amines) is 1. The van der Waals surface area contributed by atoms with Crippen LogP contribution in [0.15, 0.2) is 30.3 Å². The number of rotatable bonds is 9. The van der Waals surface area contributed by atoms with Crippen molar-refractivity contribution in [2.45, 2.75) is 45.6 Å². The smallest absolute Gasteiger partial charge is 0.262 e. The van der Waals surface area contributed by atoms with E-state index in [4.69, 9.17) is 4.74 Å². The van der Waals surface area contributed by atoms with E-state index < -0.39 is 0 Å². The van der Waals surface area contributed by atoms with E-state index >= 15 is 0 Å². The largest absolute Gasteiger partial charge is 0.380 e. The fourth-order valence-corrected chi connectivity index (χ4v) is 6.31. The van der Waals surface area contributed by atoms with Crippen LogP contribution in [0.4, 0.5) is 5.82 Å².